The molecule has 0 spiro atoms. The van der Waals surface area contributed by atoms with Gasteiger partial charge in [0.2, 0.25) is 11.8 Å². The lowest BCUT2D eigenvalue weighted by Gasteiger charge is -2.27. The molecule has 136 valence electrons. The van der Waals surface area contributed by atoms with Crippen molar-refractivity contribution in [1.82, 2.24) is 10.3 Å². The van der Waals surface area contributed by atoms with E-state index in [-0.39, 0.29) is 24.8 Å². The van der Waals surface area contributed by atoms with Crippen LogP contribution >= 0.6 is 0 Å². The van der Waals surface area contributed by atoms with Crippen LogP contribution in [0.15, 0.2) is 48.7 Å². The molecule has 1 aromatic carbocycles. The summed E-state index contributed by atoms with van der Waals surface area (Å²) in [4.78, 5) is 30.4. The van der Waals surface area contributed by atoms with Gasteiger partial charge in [-0.2, -0.15) is 0 Å². The second kappa shape index (κ2) is 8.96. The molecular formula is C19H22N4O3. The van der Waals surface area contributed by atoms with Gasteiger partial charge in [0.05, 0.1) is 38.1 Å². The van der Waals surface area contributed by atoms with Gasteiger partial charge in [-0.3, -0.25) is 9.59 Å². The molecule has 0 radical (unpaired) electrons. The topological polar surface area (TPSA) is 83.6 Å². The van der Waals surface area contributed by atoms with E-state index in [1.807, 2.05) is 42.5 Å². The normalized spacial score (nSPS) is 13.9. The summed E-state index contributed by atoms with van der Waals surface area (Å²) in [5, 5.41) is 5.35. The lowest BCUT2D eigenvalue weighted by Crippen LogP contribution is -2.36. The number of pyridine rings is 1. The van der Waals surface area contributed by atoms with Crippen molar-refractivity contribution in [3.63, 3.8) is 0 Å². The highest BCUT2D eigenvalue weighted by atomic mass is 16.5. The maximum atomic E-state index is 12.0. The fraction of sp³-hybridized carbons (Fsp3) is 0.316. The Morgan fingerprint density at radius 3 is 2.50 bits per heavy atom. The van der Waals surface area contributed by atoms with Crippen molar-refractivity contribution < 1.29 is 14.3 Å². The van der Waals surface area contributed by atoms with Crippen LogP contribution in [0.5, 0.6) is 0 Å². The minimum atomic E-state index is -0.285. The van der Waals surface area contributed by atoms with E-state index in [0.717, 1.165) is 24.5 Å². The summed E-state index contributed by atoms with van der Waals surface area (Å²) >= 11 is 0. The van der Waals surface area contributed by atoms with E-state index in [9.17, 15) is 9.59 Å². The van der Waals surface area contributed by atoms with Crippen molar-refractivity contribution in [1.29, 1.82) is 0 Å². The van der Waals surface area contributed by atoms with Gasteiger partial charge in [-0.25, -0.2) is 4.98 Å². The molecule has 1 aliphatic heterocycles. The van der Waals surface area contributed by atoms with E-state index in [1.54, 1.807) is 6.20 Å². The van der Waals surface area contributed by atoms with E-state index >= 15 is 0 Å². The van der Waals surface area contributed by atoms with Gasteiger partial charge in [-0.15, -0.1) is 0 Å². The molecule has 2 amide bonds. The number of hydrogen-bond donors (Lipinski definition) is 2. The zero-order chi connectivity index (χ0) is 18.2. The van der Waals surface area contributed by atoms with E-state index in [4.69, 9.17) is 4.74 Å². The lowest BCUT2D eigenvalue weighted by molar-refractivity contribution is -0.123. The van der Waals surface area contributed by atoms with Crippen LogP contribution < -0.4 is 15.5 Å². The molecule has 2 aromatic rings. The van der Waals surface area contributed by atoms with Gasteiger partial charge in [-0.05, 0) is 17.7 Å². The summed E-state index contributed by atoms with van der Waals surface area (Å²) in [6.45, 7) is 2.95. The van der Waals surface area contributed by atoms with Gasteiger partial charge in [0.25, 0.3) is 0 Å². The Labute approximate surface area is 152 Å². The van der Waals surface area contributed by atoms with Crippen molar-refractivity contribution in [3.8, 4) is 0 Å². The van der Waals surface area contributed by atoms with Gasteiger partial charge in [0.1, 0.15) is 5.82 Å². The Kier molecular flexibility index (Phi) is 6.16. The number of carbonyl (C=O) groups is 2. The maximum absolute atomic E-state index is 12.0. The second-order valence-electron chi connectivity index (χ2n) is 5.99. The molecule has 26 heavy (non-hydrogen) atoms. The molecule has 1 aliphatic rings. The van der Waals surface area contributed by atoms with Crippen LogP contribution in [0.4, 0.5) is 11.5 Å². The molecule has 0 atom stereocenters. The second-order valence-corrected chi connectivity index (χ2v) is 5.99. The third-order valence-corrected chi connectivity index (χ3v) is 4.02. The van der Waals surface area contributed by atoms with Crippen LogP contribution in [0.2, 0.25) is 0 Å². The van der Waals surface area contributed by atoms with Crippen molar-refractivity contribution in [3.05, 3.63) is 54.2 Å². The Hall–Kier alpha value is -2.93. The Bertz CT molecular complexity index is 728. The summed E-state index contributed by atoms with van der Waals surface area (Å²) in [5.74, 6) is 0.391. The van der Waals surface area contributed by atoms with Crippen molar-refractivity contribution in [2.75, 3.05) is 43.1 Å². The molecule has 0 saturated carbocycles. The highest BCUT2D eigenvalue weighted by molar-refractivity contribution is 5.94. The minimum absolute atomic E-state index is 0.0725. The Morgan fingerprint density at radius 1 is 1.04 bits per heavy atom. The number of nitrogens with zero attached hydrogens (tertiary/aromatic N) is 2. The van der Waals surface area contributed by atoms with E-state index in [0.29, 0.717) is 18.9 Å². The highest BCUT2D eigenvalue weighted by Gasteiger charge is 2.12. The number of anilines is 2. The number of aromatic nitrogens is 1. The average Bonchev–Trinajstić information content (AvgIpc) is 2.68. The largest absolute Gasteiger partial charge is 0.378 e. The van der Waals surface area contributed by atoms with Crippen molar-refractivity contribution >= 4 is 23.3 Å². The summed E-state index contributed by atoms with van der Waals surface area (Å²) in [5.41, 5.74) is 1.51. The predicted molar refractivity (Wildman–Crippen MR) is 99.1 cm³/mol. The van der Waals surface area contributed by atoms with Gasteiger partial charge >= 0.3 is 0 Å². The molecule has 0 aliphatic carbocycles. The lowest BCUT2D eigenvalue weighted by atomic mass is 10.1. The SMILES string of the molecule is O=C(Cc1ccccc1)NCC(=O)Nc1ccc(N2CCOCC2)nc1. The van der Waals surface area contributed by atoms with Gasteiger partial charge in [0.15, 0.2) is 0 Å². The maximum Gasteiger partial charge on any atom is 0.243 e. The zero-order valence-electron chi connectivity index (χ0n) is 14.5. The number of benzene rings is 1. The van der Waals surface area contributed by atoms with Crippen LogP contribution in [-0.4, -0.2) is 49.6 Å². The van der Waals surface area contributed by atoms with Crippen LogP contribution in [0.3, 0.4) is 0 Å². The summed E-state index contributed by atoms with van der Waals surface area (Å²) in [6.07, 6.45) is 1.87. The van der Waals surface area contributed by atoms with Crippen LogP contribution in [0.25, 0.3) is 0 Å². The van der Waals surface area contributed by atoms with Crippen LogP contribution in [-0.2, 0) is 20.7 Å². The smallest absolute Gasteiger partial charge is 0.243 e. The van der Waals surface area contributed by atoms with E-state index in [1.165, 1.54) is 0 Å². The van der Waals surface area contributed by atoms with E-state index < -0.39 is 0 Å². The fourth-order valence-corrected chi connectivity index (χ4v) is 2.67. The summed E-state index contributed by atoms with van der Waals surface area (Å²) in [7, 11) is 0. The molecule has 7 nitrogen and oxygen atoms in total. The molecular weight excluding hydrogens is 332 g/mol. The first-order valence-corrected chi connectivity index (χ1v) is 8.60. The number of ether oxygens (including phenoxy) is 1. The molecule has 1 aromatic heterocycles. The monoisotopic (exact) mass is 354 g/mol. The molecule has 7 heteroatoms. The molecule has 0 bridgehead atoms. The predicted octanol–water partition coefficient (Wildman–Crippen LogP) is 1.22. The van der Waals surface area contributed by atoms with Gasteiger partial charge in [-0.1, -0.05) is 30.3 Å². The third-order valence-electron chi connectivity index (χ3n) is 4.02. The Balaban J connectivity index is 1.43. The molecule has 3 rings (SSSR count). The first-order valence-electron chi connectivity index (χ1n) is 8.60. The quantitative estimate of drug-likeness (QED) is 0.815. The third kappa shape index (κ3) is 5.29. The van der Waals surface area contributed by atoms with Crippen LogP contribution in [0, 0.1) is 0 Å². The number of nitrogens with one attached hydrogen (secondary N) is 2. The fourth-order valence-electron chi connectivity index (χ4n) is 2.67. The number of morpholine rings is 1. The summed E-state index contributed by atoms with van der Waals surface area (Å²) < 4.78 is 5.32. The highest BCUT2D eigenvalue weighted by Crippen LogP contribution is 2.15. The number of hydrogen-bond acceptors (Lipinski definition) is 5. The van der Waals surface area contributed by atoms with Gasteiger partial charge < -0.3 is 20.3 Å². The summed E-state index contributed by atoms with van der Waals surface area (Å²) in [6, 6.07) is 13.1. The molecule has 0 unspecified atom stereocenters. The number of carbonyl (C=O) groups excluding carboxylic acids is 2. The van der Waals surface area contributed by atoms with Gasteiger partial charge in [0, 0.05) is 13.1 Å². The zero-order valence-corrected chi connectivity index (χ0v) is 14.5. The van der Waals surface area contributed by atoms with E-state index in [2.05, 4.69) is 20.5 Å². The van der Waals surface area contributed by atoms with Crippen LogP contribution in [0.1, 0.15) is 5.56 Å². The first kappa shape index (κ1) is 17.9. The minimum Gasteiger partial charge on any atom is -0.378 e. The standard InChI is InChI=1S/C19H22N4O3/c24-18(12-15-4-2-1-3-5-15)21-14-19(25)22-16-6-7-17(20-13-16)23-8-10-26-11-9-23/h1-7,13H,8-12,14H2,(H,21,24)(H,22,25). The van der Waals surface area contributed by atoms with Crippen molar-refractivity contribution in [2.24, 2.45) is 0 Å². The first-order chi connectivity index (χ1) is 12.7. The number of amides is 2. The molecule has 2 heterocycles. The number of rotatable bonds is 6. The molecule has 1 fully saturated rings. The van der Waals surface area contributed by atoms with Crippen molar-refractivity contribution in [2.45, 2.75) is 6.42 Å². The molecule has 2 N–H and O–H groups in total. The average molecular weight is 354 g/mol. The Morgan fingerprint density at radius 2 is 1.81 bits per heavy atom. The molecule has 1 saturated heterocycles.